The maximum atomic E-state index is 10.8. The highest BCUT2D eigenvalue weighted by molar-refractivity contribution is 5.88. The van der Waals surface area contributed by atoms with Crippen LogP contribution in [-0.4, -0.2) is 40.5 Å². The molecular weight excluding hydrogens is 270 g/mol. The standard InChI is InChI=1S/C16H17NO4/c18-10-15(19)9-17-14-3-1-2-13(8-14)11-4-6-12(7-5-11)16(20)21/h1-8,15,17-19H,9-10H2,(H,20,21). The summed E-state index contributed by atoms with van der Waals surface area (Å²) in [4.78, 5) is 10.8. The first kappa shape index (κ1) is 15.0. The van der Waals surface area contributed by atoms with E-state index in [1.54, 1.807) is 24.3 Å². The first-order valence-electron chi connectivity index (χ1n) is 6.56. The van der Waals surface area contributed by atoms with Gasteiger partial charge in [0.15, 0.2) is 0 Å². The van der Waals surface area contributed by atoms with Crippen LogP contribution in [0.3, 0.4) is 0 Å². The van der Waals surface area contributed by atoms with Crippen LogP contribution in [0.4, 0.5) is 5.69 Å². The van der Waals surface area contributed by atoms with Gasteiger partial charge < -0.3 is 20.6 Å². The number of hydrogen-bond donors (Lipinski definition) is 4. The second-order valence-electron chi connectivity index (χ2n) is 4.68. The normalized spacial score (nSPS) is 11.9. The molecule has 2 rings (SSSR count). The Morgan fingerprint density at radius 2 is 1.81 bits per heavy atom. The molecule has 4 N–H and O–H groups in total. The van der Waals surface area contributed by atoms with Gasteiger partial charge in [-0.15, -0.1) is 0 Å². The molecule has 0 radical (unpaired) electrons. The van der Waals surface area contributed by atoms with Crippen LogP contribution >= 0.6 is 0 Å². The van der Waals surface area contributed by atoms with Crippen molar-refractivity contribution in [2.75, 3.05) is 18.5 Å². The summed E-state index contributed by atoms with van der Waals surface area (Å²) in [5, 5.41) is 30.0. The summed E-state index contributed by atoms with van der Waals surface area (Å²) in [7, 11) is 0. The molecule has 0 amide bonds. The predicted molar refractivity (Wildman–Crippen MR) is 80.4 cm³/mol. The third kappa shape index (κ3) is 4.05. The van der Waals surface area contributed by atoms with E-state index in [0.717, 1.165) is 16.8 Å². The molecule has 2 aromatic carbocycles. The predicted octanol–water partition coefficient (Wildman–Crippen LogP) is 1.82. The van der Waals surface area contributed by atoms with Gasteiger partial charge in [-0.1, -0.05) is 24.3 Å². The highest BCUT2D eigenvalue weighted by Crippen LogP contribution is 2.23. The maximum absolute atomic E-state index is 10.8. The highest BCUT2D eigenvalue weighted by Gasteiger charge is 2.05. The van der Waals surface area contributed by atoms with E-state index >= 15 is 0 Å². The maximum Gasteiger partial charge on any atom is 0.335 e. The molecule has 1 unspecified atom stereocenters. The minimum atomic E-state index is -0.949. The van der Waals surface area contributed by atoms with E-state index in [9.17, 15) is 9.90 Å². The molecule has 0 aliphatic carbocycles. The third-order valence-electron chi connectivity index (χ3n) is 3.08. The number of aliphatic hydroxyl groups excluding tert-OH is 2. The Labute approximate surface area is 122 Å². The van der Waals surface area contributed by atoms with Gasteiger partial charge in [-0.3, -0.25) is 0 Å². The van der Waals surface area contributed by atoms with Crippen molar-refractivity contribution in [2.24, 2.45) is 0 Å². The van der Waals surface area contributed by atoms with Gasteiger partial charge in [0, 0.05) is 12.2 Å². The molecule has 5 nitrogen and oxygen atoms in total. The molecule has 0 aliphatic rings. The number of carbonyl (C=O) groups is 1. The van der Waals surface area contributed by atoms with Crippen molar-refractivity contribution in [3.8, 4) is 11.1 Å². The summed E-state index contributed by atoms with van der Waals surface area (Å²) in [5.41, 5.74) is 2.92. The van der Waals surface area contributed by atoms with Crippen molar-refractivity contribution in [1.82, 2.24) is 0 Å². The molecule has 5 heteroatoms. The van der Waals surface area contributed by atoms with Crippen LogP contribution in [0.1, 0.15) is 10.4 Å². The van der Waals surface area contributed by atoms with Crippen LogP contribution < -0.4 is 5.32 Å². The Morgan fingerprint density at radius 1 is 1.10 bits per heavy atom. The van der Waals surface area contributed by atoms with Crippen molar-refractivity contribution >= 4 is 11.7 Å². The summed E-state index contributed by atoms with van der Waals surface area (Å²) in [6, 6.07) is 14.2. The SMILES string of the molecule is O=C(O)c1ccc(-c2cccc(NCC(O)CO)c2)cc1. The van der Waals surface area contributed by atoms with E-state index in [4.69, 9.17) is 10.2 Å². The number of aliphatic hydroxyl groups is 2. The number of rotatable bonds is 6. The molecule has 0 aromatic heterocycles. The average molecular weight is 287 g/mol. The number of hydrogen-bond acceptors (Lipinski definition) is 4. The minimum Gasteiger partial charge on any atom is -0.478 e. The Balaban J connectivity index is 2.14. The van der Waals surface area contributed by atoms with Gasteiger partial charge in [-0.25, -0.2) is 4.79 Å². The van der Waals surface area contributed by atoms with E-state index in [2.05, 4.69) is 5.32 Å². The molecule has 110 valence electrons. The van der Waals surface area contributed by atoms with Crippen LogP contribution in [0.25, 0.3) is 11.1 Å². The fourth-order valence-corrected chi connectivity index (χ4v) is 1.91. The van der Waals surface area contributed by atoms with Gasteiger partial charge in [-0.05, 0) is 35.4 Å². The smallest absolute Gasteiger partial charge is 0.335 e. The third-order valence-corrected chi connectivity index (χ3v) is 3.08. The highest BCUT2D eigenvalue weighted by atomic mass is 16.4. The zero-order valence-corrected chi connectivity index (χ0v) is 11.4. The fraction of sp³-hybridized carbons (Fsp3) is 0.188. The number of carboxylic acids is 1. The monoisotopic (exact) mass is 287 g/mol. The lowest BCUT2D eigenvalue weighted by atomic mass is 10.0. The molecule has 0 heterocycles. The van der Waals surface area contributed by atoms with Crippen molar-refractivity contribution < 1.29 is 20.1 Å². The van der Waals surface area contributed by atoms with Crippen molar-refractivity contribution in [1.29, 1.82) is 0 Å². The Morgan fingerprint density at radius 3 is 2.43 bits per heavy atom. The van der Waals surface area contributed by atoms with Crippen LogP contribution in [0.2, 0.25) is 0 Å². The van der Waals surface area contributed by atoms with Gasteiger partial charge in [0.05, 0.1) is 18.3 Å². The van der Waals surface area contributed by atoms with Crippen LogP contribution in [-0.2, 0) is 0 Å². The molecule has 2 aromatic rings. The second-order valence-corrected chi connectivity index (χ2v) is 4.68. The molecule has 0 saturated carbocycles. The zero-order valence-electron chi connectivity index (χ0n) is 11.4. The molecule has 0 aliphatic heterocycles. The molecule has 0 fully saturated rings. The second kappa shape index (κ2) is 6.88. The summed E-state index contributed by atoms with van der Waals surface area (Å²) in [5.74, 6) is -0.949. The van der Waals surface area contributed by atoms with E-state index in [-0.39, 0.29) is 18.7 Å². The van der Waals surface area contributed by atoms with Gasteiger partial charge in [0.1, 0.15) is 0 Å². The first-order chi connectivity index (χ1) is 10.1. The zero-order chi connectivity index (χ0) is 15.2. The van der Waals surface area contributed by atoms with Crippen LogP contribution in [0.15, 0.2) is 48.5 Å². The van der Waals surface area contributed by atoms with Crippen molar-refractivity contribution in [3.05, 3.63) is 54.1 Å². The Hall–Kier alpha value is -2.37. The first-order valence-corrected chi connectivity index (χ1v) is 6.56. The largest absolute Gasteiger partial charge is 0.478 e. The quantitative estimate of drug-likeness (QED) is 0.650. The van der Waals surface area contributed by atoms with Gasteiger partial charge >= 0.3 is 5.97 Å². The van der Waals surface area contributed by atoms with Crippen LogP contribution in [0.5, 0.6) is 0 Å². The lowest BCUT2D eigenvalue weighted by Gasteiger charge is -2.11. The Bertz CT molecular complexity index is 610. The van der Waals surface area contributed by atoms with Gasteiger partial charge in [0.25, 0.3) is 0 Å². The molecular formula is C16H17NO4. The molecule has 1 atom stereocenters. The van der Waals surface area contributed by atoms with Gasteiger partial charge in [-0.2, -0.15) is 0 Å². The van der Waals surface area contributed by atoms with Crippen molar-refractivity contribution in [2.45, 2.75) is 6.10 Å². The van der Waals surface area contributed by atoms with E-state index in [0.29, 0.717) is 0 Å². The number of carboxylic acid groups (broad SMARTS) is 1. The van der Waals surface area contributed by atoms with Gasteiger partial charge in [0.2, 0.25) is 0 Å². The van der Waals surface area contributed by atoms with Crippen LogP contribution in [0, 0.1) is 0 Å². The van der Waals surface area contributed by atoms with E-state index in [1.165, 1.54) is 0 Å². The summed E-state index contributed by atoms with van der Waals surface area (Å²) in [6.07, 6.45) is -0.802. The lowest BCUT2D eigenvalue weighted by Crippen LogP contribution is -2.22. The number of aromatic carboxylic acids is 1. The molecule has 0 saturated heterocycles. The molecule has 0 spiro atoms. The fourth-order valence-electron chi connectivity index (χ4n) is 1.91. The molecule has 21 heavy (non-hydrogen) atoms. The summed E-state index contributed by atoms with van der Waals surface area (Å²) < 4.78 is 0. The average Bonchev–Trinajstić information content (AvgIpc) is 2.53. The lowest BCUT2D eigenvalue weighted by molar-refractivity contribution is 0.0697. The molecule has 0 bridgehead atoms. The number of benzene rings is 2. The van der Waals surface area contributed by atoms with Crippen molar-refractivity contribution in [3.63, 3.8) is 0 Å². The van der Waals surface area contributed by atoms with E-state index in [1.807, 2.05) is 24.3 Å². The summed E-state index contributed by atoms with van der Waals surface area (Å²) in [6.45, 7) is -0.0265. The Kier molecular flexibility index (Phi) is 4.92. The number of anilines is 1. The topological polar surface area (TPSA) is 89.8 Å². The van der Waals surface area contributed by atoms with E-state index < -0.39 is 12.1 Å². The minimum absolute atomic E-state index is 0.249. The number of nitrogens with one attached hydrogen (secondary N) is 1. The summed E-state index contributed by atoms with van der Waals surface area (Å²) >= 11 is 0.